The highest BCUT2D eigenvalue weighted by Gasteiger charge is 2.29. The third-order valence-electron chi connectivity index (χ3n) is 3.70. The van der Waals surface area contributed by atoms with Crippen molar-refractivity contribution in [2.24, 2.45) is 17.0 Å². The Bertz CT molecular complexity index is 631. The van der Waals surface area contributed by atoms with E-state index in [0.29, 0.717) is 16.1 Å². The summed E-state index contributed by atoms with van der Waals surface area (Å²) in [6.45, 7) is 2.08. The molecule has 20 heavy (non-hydrogen) atoms. The first-order valence-electron chi connectivity index (χ1n) is 6.42. The summed E-state index contributed by atoms with van der Waals surface area (Å²) < 4.78 is 22.9. The van der Waals surface area contributed by atoms with Gasteiger partial charge in [-0.1, -0.05) is 13.3 Å². The second-order valence-corrected chi connectivity index (χ2v) is 7.58. The molecule has 0 aromatic heterocycles. The number of nitrogens with two attached hydrogens (primary N) is 1. The van der Waals surface area contributed by atoms with Crippen LogP contribution in [0, 0.1) is 11.8 Å². The van der Waals surface area contributed by atoms with Crippen molar-refractivity contribution < 1.29 is 13.2 Å². The van der Waals surface area contributed by atoms with Crippen molar-refractivity contribution in [3.8, 4) is 0 Å². The lowest BCUT2D eigenvalue weighted by Gasteiger charge is -2.15. The number of primary sulfonamides is 1. The highest BCUT2D eigenvalue weighted by Crippen LogP contribution is 2.32. The van der Waals surface area contributed by atoms with Crippen LogP contribution in [0.1, 0.15) is 26.2 Å². The Kier molecular flexibility index (Phi) is 4.51. The van der Waals surface area contributed by atoms with Crippen LogP contribution in [0.15, 0.2) is 27.6 Å². The van der Waals surface area contributed by atoms with E-state index in [9.17, 15) is 13.2 Å². The average Bonchev–Trinajstić information content (AvgIpc) is 2.73. The van der Waals surface area contributed by atoms with Gasteiger partial charge in [0.05, 0.1) is 4.90 Å². The Hall–Kier alpha value is -0.920. The molecule has 1 aliphatic rings. The number of nitrogens with one attached hydrogen (secondary N) is 1. The third-order valence-corrected chi connectivity index (χ3v) is 5.59. The molecule has 0 spiro atoms. The summed E-state index contributed by atoms with van der Waals surface area (Å²) in [7, 11) is -3.76. The Morgan fingerprint density at radius 2 is 2.10 bits per heavy atom. The van der Waals surface area contributed by atoms with Crippen molar-refractivity contribution in [2.75, 3.05) is 5.32 Å². The Labute approximate surface area is 127 Å². The van der Waals surface area contributed by atoms with Gasteiger partial charge in [0.15, 0.2) is 0 Å². The maximum absolute atomic E-state index is 12.1. The smallest absolute Gasteiger partial charge is 0.239 e. The van der Waals surface area contributed by atoms with E-state index in [1.54, 1.807) is 12.1 Å². The normalized spacial score (nSPS) is 22.8. The van der Waals surface area contributed by atoms with E-state index in [-0.39, 0.29) is 16.7 Å². The molecule has 2 atom stereocenters. The largest absolute Gasteiger partial charge is 0.326 e. The summed E-state index contributed by atoms with van der Waals surface area (Å²) in [6.07, 6.45) is 3.06. The summed E-state index contributed by atoms with van der Waals surface area (Å²) in [4.78, 5) is 12.2. The van der Waals surface area contributed by atoms with E-state index < -0.39 is 10.0 Å². The minimum absolute atomic E-state index is 0.00438. The zero-order chi connectivity index (χ0) is 14.9. The number of carbonyl (C=O) groups excluding carboxylic acids is 1. The number of hydrogen-bond donors (Lipinski definition) is 2. The molecule has 110 valence electrons. The fourth-order valence-electron chi connectivity index (χ4n) is 2.58. The van der Waals surface area contributed by atoms with Crippen molar-refractivity contribution in [1.82, 2.24) is 0 Å². The van der Waals surface area contributed by atoms with Gasteiger partial charge in [0.2, 0.25) is 15.9 Å². The number of rotatable bonds is 3. The van der Waals surface area contributed by atoms with Gasteiger partial charge >= 0.3 is 0 Å². The number of anilines is 1. The van der Waals surface area contributed by atoms with Gasteiger partial charge in [-0.3, -0.25) is 4.79 Å². The zero-order valence-corrected chi connectivity index (χ0v) is 13.5. The van der Waals surface area contributed by atoms with E-state index in [2.05, 4.69) is 28.2 Å². The summed E-state index contributed by atoms with van der Waals surface area (Å²) in [5.41, 5.74) is 0.563. The number of sulfonamides is 1. The molecule has 5 nitrogen and oxygen atoms in total. The van der Waals surface area contributed by atoms with Crippen LogP contribution in [0.5, 0.6) is 0 Å². The second-order valence-electron chi connectivity index (χ2n) is 5.19. The second kappa shape index (κ2) is 5.83. The van der Waals surface area contributed by atoms with Crippen LogP contribution < -0.4 is 10.5 Å². The molecule has 3 N–H and O–H groups in total. The molecule has 1 saturated carbocycles. The van der Waals surface area contributed by atoms with Gasteiger partial charge in [0, 0.05) is 16.1 Å². The molecule has 0 saturated heterocycles. The first-order valence-corrected chi connectivity index (χ1v) is 8.76. The molecule has 1 aromatic carbocycles. The number of carbonyl (C=O) groups is 1. The van der Waals surface area contributed by atoms with Crippen molar-refractivity contribution in [2.45, 2.75) is 31.1 Å². The third kappa shape index (κ3) is 3.39. The van der Waals surface area contributed by atoms with Crippen molar-refractivity contribution in [1.29, 1.82) is 0 Å². The SMILES string of the molecule is CC1CCCC1C(=O)Nc1ccc(S(N)(=O)=O)c(Br)c1. The van der Waals surface area contributed by atoms with Crippen molar-refractivity contribution >= 4 is 37.5 Å². The summed E-state index contributed by atoms with van der Waals surface area (Å²) in [5, 5.41) is 7.91. The van der Waals surface area contributed by atoms with Gasteiger partial charge in [-0.2, -0.15) is 0 Å². The summed E-state index contributed by atoms with van der Waals surface area (Å²) in [5.74, 6) is 0.416. The minimum Gasteiger partial charge on any atom is -0.326 e. The van der Waals surface area contributed by atoms with Gasteiger partial charge in [-0.15, -0.1) is 0 Å². The van der Waals surface area contributed by atoms with Crippen LogP contribution in [0.25, 0.3) is 0 Å². The highest BCUT2D eigenvalue weighted by molar-refractivity contribution is 9.10. The topological polar surface area (TPSA) is 89.3 Å². The molecule has 1 fully saturated rings. The van der Waals surface area contributed by atoms with Crippen molar-refractivity contribution in [3.05, 3.63) is 22.7 Å². The standard InChI is InChI=1S/C13H17BrN2O3S/c1-8-3-2-4-10(8)13(17)16-9-5-6-12(11(14)7-9)20(15,18)19/h5-8,10H,2-4H2,1H3,(H,16,17)(H2,15,18,19). The van der Waals surface area contributed by atoms with E-state index in [0.717, 1.165) is 19.3 Å². The molecule has 0 radical (unpaired) electrons. The first-order chi connectivity index (χ1) is 9.29. The molecule has 1 aromatic rings. The van der Waals surface area contributed by atoms with E-state index in [1.807, 2.05) is 0 Å². The quantitative estimate of drug-likeness (QED) is 0.867. The number of benzene rings is 1. The van der Waals surface area contributed by atoms with Gasteiger partial charge in [-0.25, -0.2) is 13.6 Å². The number of hydrogen-bond acceptors (Lipinski definition) is 3. The molecular weight excluding hydrogens is 344 g/mol. The maximum Gasteiger partial charge on any atom is 0.239 e. The highest BCUT2D eigenvalue weighted by atomic mass is 79.9. The molecule has 0 bridgehead atoms. The molecular formula is C13H17BrN2O3S. The Morgan fingerprint density at radius 1 is 1.40 bits per heavy atom. The van der Waals surface area contributed by atoms with E-state index in [4.69, 9.17) is 5.14 Å². The monoisotopic (exact) mass is 360 g/mol. The van der Waals surface area contributed by atoms with Gasteiger partial charge in [0.25, 0.3) is 0 Å². The van der Waals surface area contributed by atoms with Gasteiger partial charge in [0.1, 0.15) is 0 Å². The maximum atomic E-state index is 12.1. The van der Waals surface area contributed by atoms with Crippen LogP contribution >= 0.6 is 15.9 Å². The Balaban J connectivity index is 2.15. The molecule has 7 heteroatoms. The zero-order valence-electron chi connectivity index (χ0n) is 11.1. The molecule has 1 amide bonds. The molecule has 1 aliphatic carbocycles. The first kappa shape index (κ1) is 15.5. The predicted octanol–water partition coefficient (Wildman–Crippen LogP) is 2.47. The van der Waals surface area contributed by atoms with Crippen LogP contribution in [-0.4, -0.2) is 14.3 Å². The minimum atomic E-state index is -3.76. The van der Waals surface area contributed by atoms with Crippen LogP contribution in [-0.2, 0) is 14.8 Å². The molecule has 0 aliphatic heterocycles. The molecule has 0 heterocycles. The van der Waals surface area contributed by atoms with Crippen LogP contribution in [0.2, 0.25) is 0 Å². The Morgan fingerprint density at radius 3 is 2.60 bits per heavy atom. The lowest BCUT2D eigenvalue weighted by Crippen LogP contribution is -2.24. The fourth-order valence-corrected chi connectivity index (χ4v) is 4.22. The number of halogens is 1. The number of amides is 1. The summed E-state index contributed by atoms with van der Waals surface area (Å²) >= 11 is 3.16. The van der Waals surface area contributed by atoms with Crippen LogP contribution in [0.4, 0.5) is 5.69 Å². The molecule has 2 rings (SSSR count). The van der Waals surface area contributed by atoms with Crippen molar-refractivity contribution in [3.63, 3.8) is 0 Å². The van der Waals surface area contributed by atoms with Gasteiger partial charge in [-0.05, 0) is 52.9 Å². The lowest BCUT2D eigenvalue weighted by molar-refractivity contribution is -0.120. The van der Waals surface area contributed by atoms with E-state index in [1.165, 1.54) is 6.07 Å². The summed E-state index contributed by atoms with van der Waals surface area (Å²) in [6, 6.07) is 4.48. The molecule has 2 unspecified atom stereocenters. The van der Waals surface area contributed by atoms with Crippen LogP contribution in [0.3, 0.4) is 0 Å². The lowest BCUT2D eigenvalue weighted by atomic mass is 9.97. The average molecular weight is 361 g/mol. The fraction of sp³-hybridized carbons (Fsp3) is 0.462. The van der Waals surface area contributed by atoms with Gasteiger partial charge < -0.3 is 5.32 Å². The van der Waals surface area contributed by atoms with E-state index >= 15 is 0 Å². The predicted molar refractivity (Wildman–Crippen MR) is 80.6 cm³/mol.